The molecule has 0 aliphatic heterocycles. The van der Waals surface area contributed by atoms with Crippen molar-refractivity contribution in [3.05, 3.63) is 46.0 Å². The lowest BCUT2D eigenvalue weighted by Crippen LogP contribution is -2.37. The molecule has 25 heavy (non-hydrogen) atoms. The van der Waals surface area contributed by atoms with Crippen LogP contribution >= 0.6 is 23.2 Å². The van der Waals surface area contributed by atoms with Gasteiger partial charge in [-0.2, -0.15) is 18.3 Å². The number of nitrogens with zero attached hydrogens (tertiary/aromatic N) is 3. The fraction of sp³-hybridized carbons (Fsp3) is 0.357. The molecule has 1 unspecified atom stereocenters. The number of hydrogen-bond donors (Lipinski definition) is 1. The van der Waals surface area contributed by atoms with Crippen LogP contribution < -0.4 is 5.32 Å². The Labute approximate surface area is 150 Å². The van der Waals surface area contributed by atoms with E-state index in [0.717, 1.165) is 0 Å². The number of alkyl halides is 3. The Morgan fingerprint density at radius 1 is 1.32 bits per heavy atom. The van der Waals surface area contributed by atoms with Gasteiger partial charge in [-0.1, -0.05) is 23.2 Å². The van der Waals surface area contributed by atoms with Crippen LogP contribution in [-0.2, 0) is 23.2 Å². The van der Waals surface area contributed by atoms with Crippen LogP contribution in [0.2, 0.25) is 10.0 Å². The smallest absolute Gasteiger partial charge is 0.401 e. The zero-order valence-electron chi connectivity index (χ0n) is 12.8. The minimum atomic E-state index is -4.51. The van der Waals surface area contributed by atoms with E-state index in [0.29, 0.717) is 5.82 Å². The summed E-state index contributed by atoms with van der Waals surface area (Å²) in [6.45, 7) is -1.63. The Bertz CT molecular complexity index is 732. The summed E-state index contributed by atoms with van der Waals surface area (Å²) in [7, 11) is 1.59. The summed E-state index contributed by atoms with van der Waals surface area (Å²) >= 11 is 11.7. The standard InChI is InChI=1S/C14H13Cl2F3N4O2/c1-23-11(21-7-22-23)5-25-13(24)12(20-6-14(17,18)19)8-2-9(15)4-10(16)3-8/h2-4,7,12,20H,5-6H2,1H3. The largest absolute Gasteiger partial charge is 0.456 e. The molecule has 136 valence electrons. The number of hydrogen-bond acceptors (Lipinski definition) is 5. The Morgan fingerprint density at radius 3 is 2.48 bits per heavy atom. The normalized spacial score (nSPS) is 12.9. The summed E-state index contributed by atoms with van der Waals surface area (Å²) in [5.74, 6) is -0.586. The molecule has 2 rings (SSSR count). The third-order valence-electron chi connectivity index (χ3n) is 3.11. The number of ether oxygens (including phenoxy) is 1. The first kappa shape index (κ1) is 19.5. The zero-order chi connectivity index (χ0) is 18.6. The van der Waals surface area contributed by atoms with Gasteiger partial charge in [0.15, 0.2) is 12.4 Å². The number of nitrogens with one attached hydrogen (secondary N) is 1. The molecule has 6 nitrogen and oxygen atoms in total. The zero-order valence-corrected chi connectivity index (χ0v) is 14.4. The molecule has 0 aliphatic rings. The van der Waals surface area contributed by atoms with E-state index < -0.39 is 24.7 Å². The summed E-state index contributed by atoms with van der Waals surface area (Å²) in [4.78, 5) is 16.2. The first-order chi connectivity index (χ1) is 11.7. The average Bonchev–Trinajstić information content (AvgIpc) is 2.88. The third kappa shape index (κ3) is 5.87. The van der Waals surface area contributed by atoms with Crippen molar-refractivity contribution >= 4 is 29.2 Å². The number of rotatable bonds is 6. The molecule has 2 aromatic rings. The quantitative estimate of drug-likeness (QED) is 0.759. The van der Waals surface area contributed by atoms with Gasteiger partial charge in [0.05, 0.1) is 6.54 Å². The van der Waals surface area contributed by atoms with Crippen LogP contribution in [0.5, 0.6) is 0 Å². The van der Waals surface area contributed by atoms with Gasteiger partial charge in [0.25, 0.3) is 0 Å². The van der Waals surface area contributed by atoms with Crippen LogP contribution in [0, 0.1) is 0 Å². The van der Waals surface area contributed by atoms with E-state index in [1.165, 1.54) is 29.2 Å². The lowest BCUT2D eigenvalue weighted by Gasteiger charge is -2.19. The second-order valence-electron chi connectivity index (χ2n) is 5.04. The van der Waals surface area contributed by atoms with E-state index in [4.69, 9.17) is 27.9 Å². The Morgan fingerprint density at radius 2 is 1.96 bits per heavy atom. The highest BCUT2D eigenvalue weighted by atomic mass is 35.5. The minimum Gasteiger partial charge on any atom is -0.456 e. The maximum absolute atomic E-state index is 12.5. The van der Waals surface area contributed by atoms with Gasteiger partial charge in [-0.15, -0.1) is 0 Å². The highest BCUT2D eigenvalue weighted by molar-refractivity contribution is 6.34. The molecule has 0 amide bonds. The number of halogens is 5. The second kappa shape index (κ2) is 8.03. The molecule has 1 aromatic carbocycles. The van der Waals surface area contributed by atoms with Gasteiger partial charge in [-0.05, 0) is 23.8 Å². The molecule has 0 radical (unpaired) electrons. The fourth-order valence-electron chi connectivity index (χ4n) is 1.97. The number of aromatic nitrogens is 3. The van der Waals surface area contributed by atoms with Crippen LogP contribution in [0.25, 0.3) is 0 Å². The second-order valence-corrected chi connectivity index (χ2v) is 5.91. The highest BCUT2D eigenvalue weighted by Crippen LogP contribution is 2.25. The van der Waals surface area contributed by atoms with Crippen LogP contribution in [-0.4, -0.2) is 33.5 Å². The number of esters is 1. The maximum atomic E-state index is 12.5. The predicted octanol–water partition coefficient (Wildman–Crippen LogP) is 3.06. The van der Waals surface area contributed by atoms with Gasteiger partial charge in [-0.25, -0.2) is 9.78 Å². The highest BCUT2D eigenvalue weighted by Gasteiger charge is 2.32. The molecule has 1 aromatic heterocycles. The SMILES string of the molecule is Cn1ncnc1COC(=O)C(NCC(F)(F)F)c1cc(Cl)cc(Cl)c1. The Kier molecular flexibility index (Phi) is 6.26. The Balaban J connectivity index is 2.17. The van der Waals surface area contributed by atoms with E-state index in [9.17, 15) is 18.0 Å². The molecule has 1 atom stereocenters. The van der Waals surface area contributed by atoms with Crippen molar-refractivity contribution in [1.29, 1.82) is 0 Å². The summed E-state index contributed by atoms with van der Waals surface area (Å²) in [5.41, 5.74) is 0.157. The molecule has 0 saturated carbocycles. The van der Waals surface area contributed by atoms with Crippen molar-refractivity contribution in [2.24, 2.45) is 7.05 Å². The molecule has 0 bridgehead atoms. The van der Waals surface area contributed by atoms with Gasteiger partial charge in [0.1, 0.15) is 12.4 Å². The van der Waals surface area contributed by atoms with E-state index >= 15 is 0 Å². The maximum Gasteiger partial charge on any atom is 0.401 e. The molecule has 11 heteroatoms. The van der Waals surface area contributed by atoms with Crippen LogP contribution in [0.15, 0.2) is 24.5 Å². The topological polar surface area (TPSA) is 69.0 Å². The van der Waals surface area contributed by atoms with Crippen molar-refractivity contribution in [2.75, 3.05) is 6.54 Å². The summed E-state index contributed by atoms with van der Waals surface area (Å²) < 4.78 is 44.0. The van der Waals surface area contributed by atoms with E-state index in [1.54, 1.807) is 7.05 Å². The van der Waals surface area contributed by atoms with Crippen molar-refractivity contribution in [3.8, 4) is 0 Å². The molecule has 0 saturated heterocycles. The Hall–Kier alpha value is -1.84. The van der Waals surface area contributed by atoms with Gasteiger partial charge in [-0.3, -0.25) is 10.00 Å². The predicted molar refractivity (Wildman–Crippen MR) is 84.1 cm³/mol. The fourth-order valence-corrected chi connectivity index (χ4v) is 2.51. The first-order valence-corrected chi connectivity index (χ1v) is 7.67. The van der Waals surface area contributed by atoms with Gasteiger partial charge < -0.3 is 4.74 Å². The van der Waals surface area contributed by atoms with Crippen LogP contribution in [0.4, 0.5) is 13.2 Å². The van der Waals surface area contributed by atoms with E-state index in [1.807, 2.05) is 0 Å². The van der Waals surface area contributed by atoms with E-state index in [2.05, 4.69) is 15.4 Å². The molecule has 0 fully saturated rings. The van der Waals surface area contributed by atoms with Gasteiger partial charge >= 0.3 is 12.1 Å². The first-order valence-electron chi connectivity index (χ1n) is 6.91. The number of carbonyl (C=O) groups is 1. The molecule has 1 N–H and O–H groups in total. The van der Waals surface area contributed by atoms with E-state index in [-0.39, 0.29) is 22.2 Å². The number of benzene rings is 1. The number of carbonyl (C=O) groups excluding carboxylic acids is 1. The molecule has 0 aliphatic carbocycles. The van der Waals surface area contributed by atoms with Crippen molar-refractivity contribution in [3.63, 3.8) is 0 Å². The molecule has 1 heterocycles. The van der Waals surface area contributed by atoms with Crippen LogP contribution in [0.3, 0.4) is 0 Å². The van der Waals surface area contributed by atoms with Crippen molar-refractivity contribution in [2.45, 2.75) is 18.8 Å². The van der Waals surface area contributed by atoms with Crippen molar-refractivity contribution in [1.82, 2.24) is 20.1 Å². The monoisotopic (exact) mass is 396 g/mol. The summed E-state index contributed by atoms with van der Waals surface area (Å²) in [6.07, 6.45) is -3.25. The van der Waals surface area contributed by atoms with Crippen molar-refractivity contribution < 1.29 is 22.7 Å². The molecule has 0 spiro atoms. The molecular formula is C14H13Cl2F3N4O2. The lowest BCUT2D eigenvalue weighted by atomic mass is 10.1. The lowest BCUT2D eigenvalue weighted by molar-refractivity contribution is -0.151. The third-order valence-corrected chi connectivity index (χ3v) is 3.55. The summed E-state index contributed by atoms with van der Waals surface area (Å²) in [6, 6.07) is 2.68. The minimum absolute atomic E-state index is 0.157. The van der Waals surface area contributed by atoms with Crippen LogP contribution in [0.1, 0.15) is 17.4 Å². The van der Waals surface area contributed by atoms with Gasteiger partial charge in [0, 0.05) is 17.1 Å². The van der Waals surface area contributed by atoms with Gasteiger partial charge in [0.2, 0.25) is 0 Å². The molecular weight excluding hydrogens is 384 g/mol. The summed E-state index contributed by atoms with van der Waals surface area (Å²) in [5, 5.41) is 6.29. The number of aryl methyl sites for hydroxylation is 1. The average molecular weight is 397 g/mol.